The van der Waals surface area contributed by atoms with Crippen LogP contribution >= 0.6 is 23.2 Å². The van der Waals surface area contributed by atoms with Crippen molar-refractivity contribution >= 4 is 44.8 Å². The first-order chi connectivity index (χ1) is 13.3. The van der Waals surface area contributed by atoms with E-state index >= 15 is 0 Å². The van der Waals surface area contributed by atoms with Gasteiger partial charge in [-0.1, -0.05) is 41.4 Å². The maximum Gasteiger partial charge on any atom is 0.264 e. The van der Waals surface area contributed by atoms with Crippen LogP contribution in [0.15, 0.2) is 53.4 Å². The summed E-state index contributed by atoms with van der Waals surface area (Å²) in [5, 5.41) is 0.550. The summed E-state index contributed by atoms with van der Waals surface area (Å²) in [6.45, 7) is 2.28. The molecule has 0 spiro atoms. The molecule has 0 saturated carbocycles. The van der Waals surface area contributed by atoms with Crippen molar-refractivity contribution in [3.8, 4) is 0 Å². The Labute approximate surface area is 175 Å². The predicted molar refractivity (Wildman–Crippen MR) is 112 cm³/mol. The van der Waals surface area contributed by atoms with Crippen LogP contribution in [0.25, 0.3) is 0 Å². The van der Waals surface area contributed by atoms with Crippen LogP contribution in [0.4, 0.5) is 5.69 Å². The van der Waals surface area contributed by atoms with Gasteiger partial charge in [0.15, 0.2) is 0 Å². The van der Waals surface area contributed by atoms with Gasteiger partial charge < -0.3 is 9.80 Å². The summed E-state index contributed by atoms with van der Waals surface area (Å²) in [4.78, 5) is 16.8. The quantitative estimate of drug-likeness (QED) is 0.715. The molecule has 1 fully saturated rings. The van der Waals surface area contributed by atoms with Crippen molar-refractivity contribution in [1.82, 2.24) is 9.80 Å². The van der Waals surface area contributed by atoms with E-state index < -0.39 is 10.0 Å². The van der Waals surface area contributed by atoms with E-state index in [1.165, 1.54) is 24.3 Å². The molecule has 0 bridgehead atoms. The van der Waals surface area contributed by atoms with Crippen LogP contribution in [-0.2, 0) is 14.8 Å². The zero-order chi connectivity index (χ0) is 20.3. The molecule has 150 valence electrons. The van der Waals surface area contributed by atoms with E-state index in [9.17, 15) is 13.2 Å². The second kappa shape index (κ2) is 8.69. The number of hydrogen-bond donors (Lipinski definition) is 0. The Bertz CT molecular complexity index is 946. The number of carbonyl (C=O) groups is 1. The number of sulfonamides is 1. The highest BCUT2D eigenvalue weighted by molar-refractivity contribution is 7.92. The molecule has 0 atom stereocenters. The Morgan fingerprint density at radius 2 is 1.68 bits per heavy atom. The average Bonchev–Trinajstić information content (AvgIpc) is 2.67. The van der Waals surface area contributed by atoms with E-state index in [2.05, 4.69) is 4.90 Å². The number of anilines is 1. The topological polar surface area (TPSA) is 60.9 Å². The van der Waals surface area contributed by atoms with Crippen molar-refractivity contribution < 1.29 is 13.2 Å². The molecule has 3 rings (SSSR count). The van der Waals surface area contributed by atoms with Crippen molar-refractivity contribution in [1.29, 1.82) is 0 Å². The van der Waals surface area contributed by atoms with Crippen LogP contribution in [0.1, 0.15) is 0 Å². The monoisotopic (exact) mass is 441 g/mol. The number of likely N-dealkylation sites (N-methyl/N-ethyl adjacent to an activating group) is 1. The molecular weight excluding hydrogens is 421 g/mol. The lowest BCUT2D eigenvalue weighted by Crippen LogP contribution is -2.50. The summed E-state index contributed by atoms with van der Waals surface area (Å²) >= 11 is 12.2. The third-order valence-electron chi connectivity index (χ3n) is 4.64. The second-order valence-corrected chi connectivity index (χ2v) is 9.31. The Morgan fingerprint density at radius 1 is 1.04 bits per heavy atom. The van der Waals surface area contributed by atoms with Crippen LogP contribution < -0.4 is 4.31 Å². The fourth-order valence-electron chi connectivity index (χ4n) is 2.98. The number of halogens is 2. The van der Waals surface area contributed by atoms with Crippen LogP contribution in [0.2, 0.25) is 10.0 Å². The fraction of sp³-hybridized carbons (Fsp3) is 0.316. The summed E-state index contributed by atoms with van der Waals surface area (Å²) in [6.07, 6.45) is 0. The van der Waals surface area contributed by atoms with Gasteiger partial charge in [-0.05, 0) is 37.4 Å². The van der Waals surface area contributed by atoms with Gasteiger partial charge in [-0.2, -0.15) is 0 Å². The molecule has 1 amide bonds. The molecule has 0 unspecified atom stereocenters. The van der Waals surface area contributed by atoms with Gasteiger partial charge in [0.25, 0.3) is 10.0 Å². The molecule has 1 heterocycles. The molecule has 1 aliphatic heterocycles. The lowest BCUT2D eigenvalue weighted by atomic mass is 10.3. The van der Waals surface area contributed by atoms with Gasteiger partial charge >= 0.3 is 0 Å². The van der Waals surface area contributed by atoms with Crippen molar-refractivity contribution in [2.75, 3.05) is 44.1 Å². The van der Waals surface area contributed by atoms with Crippen molar-refractivity contribution in [3.63, 3.8) is 0 Å². The average molecular weight is 442 g/mol. The molecule has 0 aromatic heterocycles. The second-order valence-electron chi connectivity index (χ2n) is 6.60. The van der Waals surface area contributed by atoms with Crippen LogP contribution in [0, 0.1) is 0 Å². The molecular formula is C19H21Cl2N3O3S. The minimum absolute atomic E-state index is 0.0900. The number of nitrogens with zero attached hydrogens (tertiary/aromatic N) is 3. The molecule has 6 nitrogen and oxygen atoms in total. The number of amides is 1. The number of piperazine rings is 1. The van der Waals surface area contributed by atoms with Crippen molar-refractivity contribution in [3.05, 3.63) is 58.6 Å². The smallest absolute Gasteiger partial charge is 0.264 e. The highest BCUT2D eigenvalue weighted by Gasteiger charge is 2.31. The van der Waals surface area contributed by atoms with Gasteiger partial charge in [0.05, 0.1) is 15.6 Å². The largest absolute Gasteiger partial charge is 0.339 e. The van der Waals surface area contributed by atoms with E-state index in [1.54, 1.807) is 29.2 Å². The maximum atomic E-state index is 13.3. The van der Waals surface area contributed by atoms with Gasteiger partial charge in [-0.3, -0.25) is 9.10 Å². The summed E-state index contributed by atoms with van der Waals surface area (Å²) < 4.78 is 27.6. The third kappa shape index (κ3) is 4.60. The molecule has 2 aromatic rings. The van der Waals surface area contributed by atoms with E-state index in [-0.39, 0.29) is 28.1 Å². The molecule has 0 N–H and O–H groups in total. The number of carbonyl (C=O) groups excluding carboxylic acids is 1. The zero-order valence-electron chi connectivity index (χ0n) is 15.4. The Balaban J connectivity index is 1.96. The van der Waals surface area contributed by atoms with Crippen LogP contribution in [0.5, 0.6) is 0 Å². The number of hydrogen-bond acceptors (Lipinski definition) is 4. The highest BCUT2D eigenvalue weighted by Crippen LogP contribution is 2.32. The van der Waals surface area contributed by atoms with Gasteiger partial charge in [0, 0.05) is 31.2 Å². The highest BCUT2D eigenvalue weighted by atomic mass is 35.5. The number of rotatable bonds is 5. The molecule has 28 heavy (non-hydrogen) atoms. The van der Waals surface area contributed by atoms with E-state index in [0.29, 0.717) is 18.1 Å². The fourth-order valence-corrected chi connectivity index (χ4v) is 5.00. The predicted octanol–water partition coefficient (Wildman–Crippen LogP) is 2.96. The van der Waals surface area contributed by atoms with E-state index in [1.807, 2.05) is 7.05 Å². The summed E-state index contributed by atoms with van der Waals surface area (Å²) in [5.41, 5.74) is 0.220. The first-order valence-electron chi connectivity index (χ1n) is 8.78. The Kier molecular flexibility index (Phi) is 6.50. The standard InChI is InChI=1S/C19H21Cl2N3O3S/c1-22-9-11-23(12-10-22)19(25)14-24(18-8-7-15(20)13-17(18)21)28(26,27)16-5-3-2-4-6-16/h2-8,13H,9-12,14H2,1H3. The minimum Gasteiger partial charge on any atom is -0.339 e. The van der Waals surface area contributed by atoms with E-state index in [4.69, 9.17) is 23.2 Å². The number of benzene rings is 2. The van der Waals surface area contributed by atoms with E-state index in [0.717, 1.165) is 17.4 Å². The third-order valence-corrected chi connectivity index (χ3v) is 6.96. The summed E-state index contributed by atoms with van der Waals surface area (Å²) in [6, 6.07) is 12.5. The first-order valence-corrected chi connectivity index (χ1v) is 11.0. The molecule has 1 aliphatic rings. The maximum absolute atomic E-state index is 13.3. The normalized spacial score (nSPS) is 15.5. The van der Waals surface area contributed by atoms with Gasteiger partial charge in [0.1, 0.15) is 6.54 Å². The van der Waals surface area contributed by atoms with Gasteiger partial charge in [-0.25, -0.2) is 8.42 Å². The van der Waals surface area contributed by atoms with Crippen molar-refractivity contribution in [2.24, 2.45) is 0 Å². The van der Waals surface area contributed by atoms with Crippen LogP contribution in [0.3, 0.4) is 0 Å². The Morgan fingerprint density at radius 3 is 2.29 bits per heavy atom. The zero-order valence-corrected chi connectivity index (χ0v) is 17.7. The molecule has 9 heteroatoms. The molecule has 1 saturated heterocycles. The first kappa shape index (κ1) is 20.9. The Hall–Kier alpha value is -1.80. The SMILES string of the molecule is CN1CCN(C(=O)CN(c2ccc(Cl)cc2Cl)S(=O)(=O)c2ccccc2)CC1. The van der Waals surface area contributed by atoms with Crippen molar-refractivity contribution in [2.45, 2.75) is 4.90 Å². The lowest BCUT2D eigenvalue weighted by Gasteiger charge is -2.34. The molecule has 0 radical (unpaired) electrons. The molecule has 2 aromatic carbocycles. The minimum atomic E-state index is -3.99. The summed E-state index contributed by atoms with van der Waals surface area (Å²) in [7, 11) is -2.00. The summed E-state index contributed by atoms with van der Waals surface area (Å²) in [5.74, 6) is -0.265. The molecule has 0 aliphatic carbocycles. The lowest BCUT2D eigenvalue weighted by molar-refractivity contribution is -0.131. The van der Waals surface area contributed by atoms with Gasteiger partial charge in [0.2, 0.25) is 5.91 Å². The van der Waals surface area contributed by atoms with Gasteiger partial charge in [-0.15, -0.1) is 0 Å². The van der Waals surface area contributed by atoms with Crippen LogP contribution in [-0.4, -0.2) is 63.9 Å².